The van der Waals surface area contributed by atoms with Crippen molar-refractivity contribution < 1.29 is 9.59 Å². The maximum absolute atomic E-state index is 11.5. The molecule has 0 radical (unpaired) electrons. The minimum absolute atomic E-state index is 0.00347. The van der Waals surface area contributed by atoms with Crippen molar-refractivity contribution in [1.82, 2.24) is 21.2 Å². The predicted octanol–water partition coefficient (Wildman–Crippen LogP) is -3.44. The molecule has 7 N–H and O–H groups in total. The first kappa shape index (κ1) is 12.7. The summed E-state index contributed by atoms with van der Waals surface area (Å²) in [5, 5.41) is 7.29. The molecule has 94 valence electrons. The van der Waals surface area contributed by atoms with Crippen LogP contribution in [-0.4, -0.2) is 42.0 Å². The predicted molar refractivity (Wildman–Crippen MR) is 59.9 cm³/mol. The molecule has 1 rings (SSSR count). The normalized spacial score (nSPS) is 18.9. The number of carbonyl (C=O) groups is 2. The summed E-state index contributed by atoms with van der Waals surface area (Å²) in [4.78, 5) is 26.2. The number of hydrogen-bond acceptors (Lipinski definition) is 6. The number of nitrogens with one attached hydrogen (secondary N) is 3. The second-order valence-electron chi connectivity index (χ2n) is 3.25. The minimum Gasteiger partial charge on any atom is -0.369 e. The lowest BCUT2D eigenvalue weighted by atomic mass is 10.6. The quantitative estimate of drug-likeness (QED) is 0.197. The number of hydrazone groups is 1. The standard InChI is InChI=1S/C7H14N8O2/c1-3(16)10-7-11-4(14-15(7)2)5(17)12-13-6(8)9/h7H,1-2H3,(H,10,16)(H,11,14)(H,12,17)(H4,8,9,13). The molecule has 1 unspecified atom stereocenters. The van der Waals surface area contributed by atoms with E-state index in [4.69, 9.17) is 11.5 Å². The molecular weight excluding hydrogens is 228 g/mol. The van der Waals surface area contributed by atoms with Gasteiger partial charge in [0.05, 0.1) is 0 Å². The Bertz CT molecular complexity index is 385. The summed E-state index contributed by atoms with van der Waals surface area (Å²) in [6, 6.07) is 0. The number of nitrogens with two attached hydrogens (primary N) is 2. The number of rotatable bonds is 3. The second kappa shape index (κ2) is 5.12. The van der Waals surface area contributed by atoms with E-state index >= 15 is 0 Å². The molecule has 2 amide bonds. The molecule has 10 nitrogen and oxygen atoms in total. The van der Waals surface area contributed by atoms with Gasteiger partial charge in [-0.1, -0.05) is 0 Å². The topological polar surface area (TPSA) is 150 Å². The third-order valence-electron chi connectivity index (χ3n) is 1.73. The van der Waals surface area contributed by atoms with Crippen molar-refractivity contribution in [2.24, 2.45) is 21.6 Å². The van der Waals surface area contributed by atoms with E-state index in [0.717, 1.165) is 0 Å². The molecule has 0 aromatic carbocycles. The Hall–Kier alpha value is -2.36. The molecule has 0 bridgehead atoms. The smallest absolute Gasteiger partial charge is 0.308 e. The van der Waals surface area contributed by atoms with Crippen LogP contribution in [0.3, 0.4) is 0 Å². The average molecular weight is 242 g/mol. The largest absolute Gasteiger partial charge is 0.369 e. The number of carbonyl (C=O) groups excluding carboxylic acids is 2. The molecular formula is C7H14N8O2. The van der Waals surface area contributed by atoms with Gasteiger partial charge in [0, 0.05) is 14.0 Å². The van der Waals surface area contributed by atoms with E-state index in [-0.39, 0.29) is 17.7 Å². The van der Waals surface area contributed by atoms with Crippen LogP contribution < -0.4 is 27.6 Å². The Kier molecular flexibility index (Phi) is 3.82. The van der Waals surface area contributed by atoms with Crippen LogP contribution in [0.5, 0.6) is 0 Å². The molecule has 0 fully saturated rings. The van der Waals surface area contributed by atoms with E-state index in [0.29, 0.717) is 0 Å². The van der Waals surface area contributed by atoms with Gasteiger partial charge in [-0.2, -0.15) is 5.01 Å². The number of hydrogen-bond donors (Lipinski definition) is 5. The van der Waals surface area contributed by atoms with E-state index in [9.17, 15) is 9.59 Å². The van der Waals surface area contributed by atoms with Gasteiger partial charge >= 0.3 is 5.91 Å². The lowest BCUT2D eigenvalue weighted by Gasteiger charge is -2.17. The van der Waals surface area contributed by atoms with E-state index in [2.05, 4.69) is 26.3 Å². The van der Waals surface area contributed by atoms with Gasteiger partial charge in [-0.25, -0.2) is 10.4 Å². The molecule has 0 saturated heterocycles. The maximum atomic E-state index is 11.5. The first-order chi connectivity index (χ1) is 7.90. The molecule has 0 aromatic rings. The lowest BCUT2D eigenvalue weighted by Crippen LogP contribution is -2.48. The monoisotopic (exact) mass is 242 g/mol. The van der Waals surface area contributed by atoms with Crippen molar-refractivity contribution in [2.45, 2.75) is 13.2 Å². The van der Waals surface area contributed by atoms with Crippen molar-refractivity contribution in [3.05, 3.63) is 0 Å². The third-order valence-corrected chi connectivity index (χ3v) is 1.73. The SMILES string of the molecule is CC(=O)NC1N=C(C(=O)NN=C(N)N)NN1C. The molecule has 0 spiro atoms. The summed E-state index contributed by atoms with van der Waals surface area (Å²) in [5.41, 5.74) is 14.8. The van der Waals surface area contributed by atoms with Crippen LogP contribution in [-0.2, 0) is 9.59 Å². The Morgan fingerprint density at radius 3 is 2.71 bits per heavy atom. The van der Waals surface area contributed by atoms with E-state index in [1.165, 1.54) is 11.9 Å². The Labute approximate surface area is 97.1 Å². The molecule has 0 aromatic heterocycles. The number of aliphatic imine (C=N–C) groups is 1. The highest BCUT2D eigenvalue weighted by Crippen LogP contribution is 2.00. The molecule has 1 aliphatic rings. The molecule has 1 atom stereocenters. The Morgan fingerprint density at radius 1 is 1.53 bits per heavy atom. The highest BCUT2D eigenvalue weighted by Gasteiger charge is 2.27. The van der Waals surface area contributed by atoms with E-state index in [1.807, 2.05) is 0 Å². The number of amides is 2. The van der Waals surface area contributed by atoms with Crippen molar-refractivity contribution in [3.8, 4) is 0 Å². The third kappa shape index (κ3) is 3.61. The number of hydrazine groups is 1. The fourth-order valence-corrected chi connectivity index (χ4v) is 1.05. The highest BCUT2D eigenvalue weighted by atomic mass is 16.2. The zero-order chi connectivity index (χ0) is 13.0. The summed E-state index contributed by atoms with van der Waals surface area (Å²) in [6.07, 6.45) is -0.646. The van der Waals surface area contributed by atoms with E-state index in [1.54, 1.807) is 7.05 Å². The number of guanidine groups is 1. The lowest BCUT2D eigenvalue weighted by molar-refractivity contribution is -0.120. The average Bonchev–Trinajstić information content (AvgIpc) is 2.56. The number of amidine groups is 1. The van der Waals surface area contributed by atoms with Crippen LogP contribution in [0.4, 0.5) is 0 Å². The van der Waals surface area contributed by atoms with Crippen molar-refractivity contribution in [1.29, 1.82) is 0 Å². The van der Waals surface area contributed by atoms with Gasteiger partial charge in [0.2, 0.25) is 17.7 Å². The zero-order valence-electron chi connectivity index (χ0n) is 9.39. The molecule has 17 heavy (non-hydrogen) atoms. The number of nitrogens with zero attached hydrogens (tertiary/aromatic N) is 3. The fourth-order valence-electron chi connectivity index (χ4n) is 1.05. The van der Waals surface area contributed by atoms with Crippen LogP contribution in [0.2, 0.25) is 0 Å². The minimum atomic E-state index is -0.646. The van der Waals surface area contributed by atoms with Gasteiger partial charge in [-0.05, 0) is 0 Å². The van der Waals surface area contributed by atoms with Crippen molar-refractivity contribution in [2.75, 3.05) is 7.05 Å². The molecule has 10 heteroatoms. The Balaban J connectivity index is 2.64. The molecule has 0 aliphatic carbocycles. The summed E-state index contributed by atoms with van der Waals surface area (Å²) in [7, 11) is 1.62. The van der Waals surface area contributed by atoms with Gasteiger partial charge in [0.1, 0.15) is 0 Å². The van der Waals surface area contributed by atoms with E-state index < -0.39 is 12.2 Å². The van der Waals surface area contributed by atoms with Crippen molar-refractivity contribution in [3.63, 3.8) is 0 Å². The van der Waals surface area contributed by atoms with Crippen LogP contribution in [0, 0.1) is 0 Å². The highest BCUT2D eigenvalue weighted by molar-refractivity contribution is 6.38. The van der Waals surface area contributed by atoms with Gasteiger partial charge in [0.15, 0.2) is 6.29 Å². The summed E-state index contributed by atoms with van der Waals surface area (Å²) < 4.78 is 0. The fraction of sp³-hybridized carbons (Fsp3) is 0.429. The molecule has 0 saturated carbocycles. The van der Waals surface area contributed by atoms with Crippen LogP contribution in [0.1, 0.15) is 6.92 Å². The zero-order valence-corrected chi connectivity index (χ0v) is 9.39. The Morgan fingerprint density at radius 2 is 2.18 bits per heavy atom. The van der Waals surface area contributed by atoms with Gasteiger partial charge in [0.25, 0.3) is 0 Å². The van der Waals surface area contributed by atoms with Gasteiger partial charge in [-0.15, -0.1) is 5.10 Å². The maximum Gasteiger partial charge on any atom is 0.308 e. The van der Waals surface area contributed by atoms with Crippen molar-refractivity contribution >= 4 is 23.6 Å². The first-order valence-electron chi connectivity index (χ1n) is 4.63. The molecule has 1 heterocycles. The summed E-state index contributed by atoms with van der Waals surface area (Å²) in [6.45, 7) is 1.35. The first-order valence-corrected chi connectivity index (χ1v) is 4.63. The summed E-state index contributed by atoms with van der Waals surface area (Å²) in [5.74, 6) is -1.16. The van der Waals surface area contributed by atoms with Crippen LogP contribution in [0.15, 0.2) is 10.1 Å². The van der Waals surface area contributed by atoms with Gasteiger partial charge < -0.3 is 16.8 Å². The second-order valence-corrected chi connectivity index (χ2v) is 3.25. The van der Waals surface area contributed by atoms with Crippen LogP contribution in [0.25, 0.3) is 0 Å². The van der Waals surface area contributed by atoms with Crippen LogP contribution >= 0.6 is 0 Å². The molecule has 1 aliphatic heterocycles. The summed E-state index contributed by atoms with van der Waals surface area (Å²) >= 11 is 0. The van der Waals surface area contributed by atoms with Gasteiger partial charge in [-0.3, -0.25) is 15.0 Å².